The minimum atomic E-state index is -3.93. The highest BCUT2D eigenvalue weighted by atomic mass is 32.2. The van der Waals surface area contributed by atoms with E-state index in [0.29, 0.717) is 37.5 Å². The molecule has 1 aliphatic carbocycles. The summed E-state index contributed by atoms with van der Waals surface area (Å²) in [5.41, 5.74) is 0.568. The minimum Gasteiger partial charge on any atom is -0.496 e. The van der Waals surface area contributed by atoms with Crippen LogP contribution in [-0.2, 0) is 14.6 Å². The summed E-state index contributed by atoms with van der Waals surface area (Å²) in [6.45, 7) is 1.97. The highest BCUT2D eigenvalue weighted by Gasteiger charge is 2.37. The number of hydrogen-bond acceptors (Lipinski definition) is 7. The van der Waals surface area contributed by atoms with E-state index in [1.165, 1.54) is 0 Å². The first-order chi connectivity index (χ1) is 16.0. The maximum absolute atomic E-state index is 13.5. The topological polar surface area (TPSA) is 93.0 Å². The average molecular weight is 468 g/mol. The molecule has 9 heteroatoms. The molecule has 2 heterocycles. The van der Waals surface area contributed by atoms with Gasteiger partial charge >= 0.3 is 0 Å². The van der Waals surface area contributed by atoms with Crippen molar-refractivity contribution in [2.45, 2.75) is 22.8 Å². The molecule has 2 aromatic carbocycles. The van der Waals surface area contributed by atoms with Gasteiger partial charge in [0.25, 0.3) is 0 Å². The van der Waals surface area contributed by atoms with Crippen molar-refractivity contribution in [3.05, 3.63) is 54.6 Å². The van der Waals surface area contributed by atoms with Gasteiger partial charge in [0.2, 0.25) is 32.5 Å². The number of ether oxygens (including phenoxy) is 1. The molecule has 1 amide bonds. The summed E-state index contributed by atoms with van der Waals surface area (Å²) < 4.78 is 38.6. The molecule has 0 atom stereocenters. The van der Waals surface area contributed by atoms with Gasteiger partial charge in [0.15, 0.2) is 0 Å². The molecule has 0 bridgehead atoms. The fourth-order valence-corrected chi connectivity index (χ4v) is 5.38. The number of para-hydroxylation sites is 1. The van der Waals surface area contributed by atoms with Crippen molar-refractivity contribution in [2.75, 3.05) is 38.2 Å². The first kappa shape index (κ1) is 21.5. The number of methoxy groups -OCH3 is 1. The van der Waals surface area contributed by atoms with Gasteiger partial charge in [0.1, 0.15) is 5.75 Å². The first-order valence-electron chi connectivity index (χ1n) is 11.0. The number of aromatic nitrogens is 1. The van der Waals surface area contributed by atoms with Crippen molar-refractivity contribution >= 4 is 21.6 Å². The van der Waals surface area contributed by atoms with Crippen molar-refractivity contribution < 1.29 is 22.4 Å². The standard InChI is InChI=1S/C24H25N3O5S/c1-31-20-10-6-5-9-19(20)21-25-22(33(29,30)18-7-3-2-4-8-18)24(32-21)27-15-13-26(14-16-27)23(28)17-11-12-17/h2-10,17H,11-16H2,1H3. The molecule has 172 valence electrons. The third-order valence-corrected chi connectivity index (χ3v) is 7.70. The number of nitrogens with zero attached hydrogens (tertiary/aromatic N) is 3. The Morgan fingerprint density at radius 2 is 1.67 bits per heavy atom. The summed E-state index contributed by atoms with van der Waals surface area (Å²) in [5, 5.41) is -0.128. The molecule has 8 nitrogen and oxygen atoms in total. The molecule has 2 fully saturated rings. The Labute approximate surface area is 192 Å². The zero-order valence-corrected chi connectivity index (χ0v) is 19.1. The van der Waals surface area contributed by atoms with E-state index in [9.17, 15) is 13.2 Å². The maximum atomic E-state index is 13.5. The summed E-state index contributed by atoms with van der Waals surface area (Å²) in [5.74, 6) is 1.26. The SMILES string of the molecule is COc1ccccc1-c1nc(S(=O)(=O)c2ccccc2)c(N2CCN(C(=O)C3CC3)CC2)o1. The third-order valence-electron chi connectivity index (χ3n) is 6.03. The van der Waals surface area contributed by atoms with Crippen LogP contribution in [0.3, 0.4) is 0 Å². The van der Waals surface area contributed by atoms with Gasteiger partial charge in [-0.1, -0.05) is 30.3 Å². The largest absolute Gasteiger partial charge is 0.496 e. The van der Waals surface area contributed by atoms with Crippen molar-refractivity contribution in [1.29, 1.82) is 0 Å². The number of amides is 1. The Morgan fingerprint density at radius 3 is 2.33 bits per heavy atom. The van der Waals surface area contributed by atoms with Gasteiger partial charge in [-0.15, -0.1) is 0 Å². The van der Waals surface area contributed by atoms with Crippen LogP contribution < -0.4 is 9.64 Å². The quantitative estimate of drug-likeness (QED) is 0.549. The Bertz CT molecular complexity index is 1260. The van der Waals surface area contributed by atoms with Crippen LogP contribution >= 0.6 is 0 Å². The smallest absolute Gasteiger partial charge is 0.236 e. The predicted octanol–water partition coefficient (Wildman–Crippen LogP) is 3.24. The molecule has 1 saturated carbocycles. The molecule has 1 aliphatic heterocycles. The molecule has 0 N–H and O–H groups in total. The number of piperazine rings is 1. The lowest BCUT2D eigenvalue weighted by Gasteiger charge is -2.34. The monoisotopic (exact) mass is 467 g/mol. The van der Waals surface area contributed by atoms with Crippen LogP contribution in [0.25, 0.3) is 11.5 Å². The van der Waals surface area contributed by atoms with Gasteiger partial charge < -0.3 is 19.0 Å². The highest BCUT2D eigenvalue weighted by Crippen LogP contribution is 2.38. The lowest BCUT2D eigenvalue weighted by molar-refractivity contribution is -0.132. The summed E-state index contributed by atoms with van der Waals surface area (Å²) in [6, 6.07) is 15.4. The lowest BCUT2D eigenvalue weighted by atomic mass is 10.2. The van der Waals surface area contributed by atoms with Crippen LogP contribution in [0.2, 0.25) is 0 Å². The van der Waals surface area contributed by atoms with Gasteiger partial charge in [-0.05, 0) is 37.1 Å². The van der Waals surface area contributed by atoms with Crippen molar-refractivity contribution in [2.24, 2.45) is 5.92 Å². The van der Waals surface area contributed by atoms with Gasteiger partial charge in [-0.3, -0.25) is 4.79 Å². The van der Waals surface area contributed by atoms with E-state index in [1.54, 1.807) is 49.6 Å². The van der Waals surface area contributed by atoms with E-state index in [-0.39, 0.29) is 33.5 Å². The fourth-order valence-electron chi connectivity index (χ4n) is 4.04. The lowest BCUT2D eigenvalue weighted by Crippen LogP contribution is -2.49. The zero-order chi connectivity index (χ0) is 23.0. The zero-order valence-electron chi connectivity index (χ0n) is 18.3. The molecular formula is C24H25N3O5S. The van der Waals surface area contributed by atoms with E-state index in [2.05, 4.69) is 4.98 Å². The van der Waals surface area contributed by atoms with Gasteiger partial charge in [-0.2, -0.15) is 4.98 Å². The Balaban J connectivity index is 1.53. The highest BCUT2D eigenvalue weighted by molar-refractivity contribution is 7.91. The normalized spacial score (nSPS) is 16.6. The maximum Gasteiger partial charge on any atom is 0.236 e. The second-order valence-electron chi connectivity index (χ2n) is 8.23. The summed E-state index contributed by atoms with van der Waals surface area (Å²) >= 11 is 0. The molecular weight excluding hydrogens is 442 g/mol. The molecule has 3 aromatic rings. The minimum absolute atomic E-state index is 0.128. The number of rotatable bonds is 6. The van der Waals surface area contributed by atoms with Crippen molar-refractivity contribution in [3.8, 4) is 17.2 Å². The fraction of sp³-hybridized carbons (Fsp3) is 0.333. The summed E-state index contributed by atoms with van der Waals surface area (Å²) in [6.07, 6.45) is 1.92. The van der Waals surface area contributed by atoms with E-state index < -0.39 is 9.84 Å². The van der Waals surface area contributed by atoms with Gasteiger partial charge in [0, 0.05) is 32.1 Å². The molecule has 1 saturated heterocycles. The van der Waals surface area contributed by atoms with E-state index in [1.807, 2.05) is 21.9 Å². The molecule has 0 spiro atoms. The Morgan fingerprint density at radius 1 is 1.00 bits per heavy atom. The van der Waals surface area contributed by atoms with Crippen molar-refractivity contribution in [3.63, 3.8) is 0 Å². The van der Waals surface area contributed by atoms with Gasteiger partial charge in [-0.25, -0.2) is 8.42 Å². The van der Waals surface area contributed by atoms with Crippen LogP contribution in [0.15, 0.2) is 68.9 Å². The van der Waals surface area contributed by atoms with Crippen LogP contribution in [-0.4, -0.2) is 57.5 Å². The Kier molecular flexibility index (Phi) is 5.57. The number of hydrogen-bond donors (Lipinski definition) is 0. The molecule has 2 aliphatic rings. The second kappa shape index (κ2) is 8.55. The van der Waals surface area contributed by atoms with E-state index in [0.717, 1.165) is 12.8 Å². The summed E-state index contributed by atoms with van der Waals surface area (Å²) in [7, 11) is -2.38. The average Bonchev–Trinajstić information content (AvgIpc) is 3.61. The molecule has 33 heavy (non-hydrogen) atoms. The van der Waals surface area contributed by atoms with Crippen LogP contribution in [0, 0.1) is 5.92 Å². The number of carbonyl (C=O) groups excluding carboxylic acids is 1. The van der Waals surface area contributed by atoms with E-state index in [4.69, 9.17) is 9.15 Å². The second-order valence-corrected chi connectivity index (χ2v) is 10.1. The van der Waals surface area contributed by atoms with Crippen LogP contribution in [0.1, 0.15) is 12.8 Å². The molecule has 1 aromatic heterocycles. The van der Waals surface area contributed by atoms with Gasteiger partial charge in [0.05, 0.1) is 17.6 Å². The molecule has 0 unspecified atom stereocenters. The van der Waals surface area contributed by atoms with E-state index >= 15 is 0 Å². The number of oxazole rings is 1. The van der Waals surface area contributed by atoms with Crippen molar-refractivity contribution in [1.82, 2.24) is 9.88 Å². The number of carbonyl (C=O) groups is 1. The summed E-state index contributed by atoms with van der Waals surface area (Å²) in [4.78, 5) is 20.7. The number of sulfone groups is 1. The van der Waals surface area contributed by atoms with Crippen LogP contribution in [0.5, 0.6) is 5.75 Å². The van der Waals surface area contributed by atoms with Crippen LogP contribution in [0.4, 0.5) is 5.88 Å². The first-order valence-corrected chi connectivity index (χ1v) is 12.5. The molecule has 0 radical (unpaired) electrons. The molecule has 5 rings (SSSR count). The number of benzene rings is 2. The predicted molar refractivity (Wildman–Crippen MR) is 122 cm³/mol. The Hall–Kier alpha value is -3.33. The third kappa shape index (κ3) is 4.08. The number of anilines is 1.